The minimum atomic E-state index is -0.527. The van der Waals surface area contributed by atoms with Crippen molar-refractivity contribution in [3.8, 4) is 0 Å². The Labute approximate surface area is 109 Å². The average Bonchev–Trinajstić information content (AvgIpc) is 2.22. The van der Waals surface area contributed by atoms with Gasteiger partial charge < -0.3 is 14.7 Å². The van der Waals surface area contributed by atoms with Gasteiger partial charge in [-0.2, -0.15) is 4.89 Å². The molecule has 0 heterocycles. The summed E-state index contributed by atoms with van der Waals surface area (Å²) in [5.41, 5.74) is -1.05. The molecule has 0 spiro atoms. The molecule has 1 N–H and O–H groups in total. The Morgan fingerprint density at radius 2 is 1.78 bits per heavy atom. The molecule has 0 radical (unpaired) electrons. The number of hydrogen-bond acceptors (Lipinski definition) is 5. The third-order valence-corrected chi connectivity index (χ3v) is 2.10. The van der Waals surface area contributed by atoms with Crippen molar-refractivity contribution in [2.75, 3.05) is 0 Å². The van der Waals surface area contributed by atoms with Crippen LogP contribution in [0.25, 0.3) is 0 Å². The SMILES string of the molecule is CCC(C)(C)OC(=O)C/C(=C/O)OOC(C)(C)C. The molecular formula is C13H24O5. The Kier molecular flexibility index (Phi) is 6.18. The Morgan fingerprint density at radius 1 is 1.22 bits per heavy atom. The highest BCUT2D eigenvalue weighted by molar-refractivity contribution is 5.72. The molecule has 0 aromatic carbocycles. The van der Waals surface area contributed by atoms with Crippen molar-refractivity contribution in [2.45, 2.75) is 65.6 Å². The van der Waals surface area contributed by atoms with Gasteiger partial charge in [-0.1, -0.05) is 6.92 Å². The van der Waals surface area contributed by atoms with Crippen molar-refractivity contribution >= 4 is 5.97 Å². The summed E-state index contributed by atoms with van der Waals surface area (Å²) in [5.74, 6) is -0.457. The van der Waals surface area contributed by atoms with E-state index in [-0.39, 0.29) is 12.2 Å². The molecule has 18 heavy (non-hydrogen) atoms. The zero-order valence-electron chi connectivity index (χ0n) is 12.1. The first kappa shape index (κ1) is 16.8. The Bertz CT molecular complexity index is 299. The summed E-state index contributed by atoms with van der Waals surface area (Å²) in [5, 5.41) is 8.95. The lowest BCUT2D eigenvalue weighted by molar-refractivity contribution is -0.323. The van der Waals surface area contributed by atoms with Gasteiger partial charge in [0.15, 0.2) is 5.76 Å². The maximum absolute atomic E-state index is 11.6. The third kappa shape index (κ3) is 7.95. The highest BCUT2D eigenvalue weighted by atomic mass is 17.2. The van der Waals surface area contributed by atoms with E-state index in [1.165, 1.54) is 0 Å². The van der Waals surface area contributed by atoms with Gasteiger partial charge in [-0.25, -0.2) is 0 Å². The lowest BCUT2D eigenvalue weighted by Crippen LogP contribution is -2.27. The maximum Gasteiger partial charge on any atom is 0.314 e. The minimum absolute atomic E-state index is 0.0156. The van der Waals surface area contributed by atoms with Crippen molar-refractivity contribution < 1.29 is 24.4 Å². The number of aliphatic hydroxyl groups excluding tert-OH is 1. The highest BCUT2D eigenvalue weighted by Crippen LogP contribution is 2.18. The Balaban J connectivity index is 4.27. The molecule has 5 nitrogen and oxygen atoms in total. The standard InChI is InChI=1S/C13H24O5/c1-7-13(5,6)16-11(15)8-10(9-14)17-18-12(2,3)4/h9,14H,7-8H2,1-6H3/b10-9-. The number of carbonyl (C=O) groups is 1. The van der Waals surface area contributed by atoms with Crippen LogP contribution in [0.15, 0.2) is 12.0 Å². The van der Waals surface area contributed by atoms with Crippen LogP contribution in [0.3, 0.4) is 0 Å². The van der Waals surface area contributed by atoms with Crippen LogP contribution in [0.4, 0.5) is 0 Å². The molecule has 0 aliphatic carbocycles. The largest absolute Gasteiger partial charge is 0.512 e. The zero-order valence-corrected chi connectivity index (χ0v) is 12.1. The van der Waals surface area contributed by atoms with E-state index >= 15 is 0 Å². The van der Waals surface area contributed by atoms with Gasteiger partial charge in [-0.3, -0.25) is 4.79 Å². The lowest BCUT2D eigenvalue weighted by atomic mass is 10.1. The van der Waals surface area contributed by atoms with Crippen LogP contribution in [0.5, 0.6) is 0 Å². The number of ether oxygens (including phenoxy) is 1. The second kappa shape index (κ2) is 6.64. The fourth-order valence-corrected chi connectivity index (χ4v) is 0.834. The normalized spacial score (nSPS) is 13.3. The molecule has 0 fully saturated rings. The smallest absolute Gasteiger partial charge is 0.314 e. The summed E-state index contributed by atoms with van der Waals surface area (Å²) < 4.78 is 5.22. The molecule has 0 bridgehead atoms. The van der Waals surface area contributed by atoms with E-state index in [0.29, 0.717) is 12.7 Å². The van der Waals surface area contributed by atoms with Crippen molar-refractivity contribution in [3.63, 3.8) is 0 Å². The van der Waals surface area contributed by atoms with Crippen molar-refractivity contribution in [1.82, 2.24) is 0 Å². The number of carbonyl (C=O) groups excluding carboxylic acids is 1. The van der Waals surface area contributed by atoms with E-state index in [4.69, 9.17) is 19.6 Å². The first-order valence-electron chi connectivity index (χ1n) is 6.00. The average molecular weight is 260 g/mol. The van der Waals surface area contributed by atoms with Gasteiger partial charge in [0, 0.05) is 0 Å². The molecule has 106 valence electrons. The van der Waals surface area contributed by atoms with Gasteiger partial charge in [0.25, 0.3) is 0 Å². The first-order valence-corrected chi connectivity index (χ1v) is 6.00. The summed E-state index contributed by atoms with van der Waals surface area (Å²) in [6.45, 7) is 10.9. The van der Waals surface area contributed by atoms with Crippen molar-refractivity contribution in [2.24, 2.45) is 0 Å². The predicted octanol–water partition coefficient (Wildman–Crippen LogP) is 3.25. The van der Waals surface area contributed by atoms with Crippen LogP contribution in [-0.4, -0.2) is 22.3 Å². The van der Waals surface area contributed by atoms with E-state index in [1.54, 1.807) is 20.8 Å². The van der Waals surface area contributed by atoms with Crippen molar-refractivity contribution in [3.05, 3.63) is 12.0 Å². The molecule has 0 atom stereocenters. The van der Waals surface area contributed by atoms with E-state index in [0.717, 1.165) is 0 Å². The van der Waals surface area contributed by atoms with Crippen LogP contribution in [-0.2, 0) is 19.3 Å². The zero-order chi connectivity index (χ0) is 14.4. The molecule has 0 unspecified atom stereocenters. The molecule has 0 amide bonds. The second-order valence-electron chi connectivity index (χ2n) is 5.64. The third-order valence-electron chi connectivity index (χ3n) is 2.10. The van der Waals surface area contributed by atoms with E-state index in [2.05, 4.69) is 0 Å². The Hall–Kier alpha value is -1.23. The summed E-state index contributed by atoms with van der Waals surface area (Å²) in [6, 6.07) is 0. The molecule has 0 saturated carbocycles. The van der Waals surface area contributed by atoms with E-state index in [1.807, 2.05) is 20.8 Å². The number of rotatable bonds is 6. The van der Waals surface area contributed by atoms with Gasteiger partial charge >= 0.3 is 5.97 Å². The molecule has 0 rings (SSSR count). The first-order chi connectivity index (χ1) is 8.09. The van der Waals surface area contributed by atoms with Crippen LogP contribution in [0.1, 0.15) is 54.4 Å². The van der Waals surface area contributed by atoms with Crippen LogP contribution < -0.4 is 0 Å². The number of aliphatic hydroxyl groups is 1. The molecule has 0 aromatic heterocycles. The molecule has 0 saturated heterocycles. The van der Waals surface area contributed by atoms with Crippen LogP contribution >= 0.6 is 0 Å². The highest BCUT2D eigenvalue weighted by Gasteiger charge is 2.22. The topological polar surface area (TPSA) is 65.0 Å². The van der Waals surface area contributed by atoms with Gasteiger partial charge in [0.1, 0.15) is 23.9 Å². The van der Waals surface area contributed by atoms with Crippen molar-refractivity contribution in [1.29, 1.82) is 0 Å². The second-order valence-corrected chi connectivity index (χ2v) is 5.64. The molecular weight excluding hydrogens is 236 g/mol. The fraction of sp³-hybridized carbons (Fsp3) is 0.769. The lowest BCUT2D eigenvalue weighted by Gasteiger charge is -2.24. The number of esters is 1. The monoisotopic (exact) mass is 260 g/mol. The van der Waals surface area contributed by atoms with Gasteiger partial charge in [-0.15, -0.1) is 0 Å². The summed E-state index contributed by atoms with van der Waals surface area (Å²) >= 11 is 0. The molecule has 0 aliphatic rings. The fourth-order valence-electron chi connectivity index (χ4n) is 0.834. The summed E-state index contributed by atoms with van der Waals surface area (Å²) in [4.78, 5) is 21.5. The molecule has 0 aromatic rings. The van der Waals surface area contributed by atoms with Gasteiger partial charge in [0.2, 0.25) is 0 Å². The van der Waals surface area contributed by atoms with E-state index < -0.39 is 17.2 Å². The van der Waals surface area contributed by atoms with E-state index in [9.17, 15) is 4.79 Å². The molecule has 5 heteroatoms. The summed E-state index contributed by atoms with van der Waals surface area (Å²) in [7, 11) is 0. The Morgan fingerprint density at radius 3 is 2.17 bits per heavy atom. The summed E-state index contributed by atoms with van der Waals surface area (Å²) in [6.07, 6.45) is 1.23. The predicted molar refractivity (Wildman–Crippen MR) is 67.7 cm³/mol. The minimum Gasteiger partial charge on any atom is -0.512 e. The van der Waals surface area contributed by atoms with Crippen LogP contribution in [0, 0.1) is 0 Å². The quantitative estimate of drug-likeness (QED) is 0.344. The van der Waals surface area contributed by atoms with Crippen LogP contribution in [0.2, 0.25) is 0 Å². The van der Waals surface area contributed by atoms with Gasteiger partial charge in [0.05, 0.1) is 0 Å². The molecule has 0 aliphatic heterocycles. The number of hydrogen-bond donors (Lipinski definition) is 1. The van der Waals surface area contributed by atoms with Gasteiger partial charge in [-0.05, 0) is 41.0 Å². The maximum atomic E-state index is 11.6.